The Morgan fingerprint density at radius 3 is 2.62 bits per heavy atom. The second kappa shape index (κ2) is 6.55. The quantitative estimate of drug-likeness (QED) is 0.786. The summed E-state index contributed by atoms with van der Waals surface area (Å²) in [5.74, 6) is 0.574. The Hall–Kier alpha value is -2.13. The van der Waals surface area contributed by atoms with Crippen LogP contribution in [0.1, 0.15) is 19.0 Å². The summed E-state index contributed by atoms with van der Waals surface area (Å²) in [4.78, 5) is 9.02. The van der Waals surface area contributed by atoms with E-state index in [1.807, 2.05) is 18.3 Å². The number of nitrogens with zero attached hydrogens (tertiary/aromatic N) is 2. The van der Waals surface area contributed by atoms with Crippen LogP contribution in [0.4, 0.5) is 5.82 Å². The minimum atomic E-state index is 0. The van der Waals surface area contributed by atoms with Crippen LogP contribution >= 0.6 is 12.4 Å². The fourth-order valence-electron chi connectivity index (χ4n) is 2.51. The van der Waals surface area contributed by atoms with Crippen LogP contribution in [0.3, 0.4) is 0 Å². The number of rotatable bonds is 3. The molecule has 108 valence electrons. The molecule has 3 aromatic rings. The van der Waals surface area contributed by atoms with Gasteiger partial charge in [-0.05, 0) is 24.6 Å². The molecule has 0 atom stereocenters. The summed E-state index contributed by atoms with van der Waals surface area (Å²) in [6.07, 6.45) is 3.79. The summed E-state index contributed by atoms with van der Waals surface area (Å²) >= 11 is 0. The molecule has 0 amide bonds. The maximum absolute atomic E-state index is 5.82. The van der Waals surface area contributed by atoms with Gasteiger partial charge in [0.25, 0.3) is 0 Å². The topological polar surface area (TPSA) is 51.8 Å². The molecule has 0 radical (unpaired) electrons. The molecule has 0 fully saturated rings. The van der Waals surface area contributed by atoms with Gasteiger partial charge in [-0.25, -0.2) is 4.98 Å². The molecule has 0 saturated heterocycles. The van der Waals surface area contributed by atoms with Crippen LogP contribution in [-0.4, -0.2) is 9.97 Å². The predicted molar refractivity (Wildman–Crippen MR) is 90.6 cm³/mol. The molecule has 0 spiro atoms. The summed E-state index contributed by atoms with van der Waals surface area (Å²) in [5, 5.41) is 1.14. The highest BCUT2D eigenvalue weighted by Gasteiger charge is 2.10. The summed E-state index contributed by atoms with van der Waals surface area (Å²) in [5.41, 5.74) is 10.1. The van der Waals surface area contributed by atoms with Gasteiger partial charge >= 0.3 is 0 Å². The molecular formula is C17H18ClN3. The number of aryl methyl sites for hydroxylation is 1. The minimum Gasteiger partial charge on any atom is -0.384 e. The molecular weight excluding hydrogens is 282 g/mol. The molecule has 0 aliphatic rings. The number of hydrogen-bond donors (Lipinski definition) is 1. The minimum absolute atomic E-state index is 0. The van der Waals surface area contributed by atoms with Gasteiger partial charge in [0.05, 0.1) is 11.2 Å². The van der Waals surface area contributed by atoms with E-state index in [2.05, 4.69) is 47.2 Å². The molecule has 4 heteroatoms. The first kappa shape index (κ1) is 15.3. The zero-order valence-corrected chi connectivity index (χ0v) is 12.7. The van der Waals surface area contributed by atoms with Crippen LogP contribution in [0.15, 0.2) is 48.7 Å². The van der Waals surface area contributed by atoms with Crippen molar-refractivity contribution in [1.29, 1.82) is 0 Å². The molecule has 2 N–H and O–H groups in total. The molecule has 0 saturated carbocycles. The highest BCUT2D eigenvalue weighted by Crippen LogP contribution is 2.30. The number of nitrogens with two attached hydrogens (primary N) is 1. The van der Waals surface area contributed by atoms with E-state index in [9.17, 15) is 0 Å². The van der Waals surface area contributed by atoms with Crippen molar-refractivity contribution in [3.8, 4) is 11.1 Å². The van der Waals surface area contributed by atoms with Crippen molar-refractivity contribution in [2.75, 3.05) is 5.73 Å². The zero-order chi connectivity index (χ0) is 13.9. The summed E-state index contributed by atoms with van der Waals surface area (Å²) in [6.45, 7) is 2.15. The van der Waals surface area contributed by atoms with E-state index in [1.54, 1.807) is 0 Å². The van der Waals surface area contributed by atoms with Crippen LogP contribution in [0.25, 0.3) is 22.0 Å². The average Bonchev–Trinajstić information content (AvgIpc) is 2.47. The summed E-state index contributed by atoms with van der Waals surface area (Å²) in [7, 11) is 0. The molecule has 0 bridgehead atoms. The Morgan fingerprint density at radius 1 is 1.00 bits per heavy atom. The second-order valence-electron chi connectivity index (χ2n) is 4.86. The first-order valence-corrected chi connectivity index (χ1v) is 6.89. The van der Waals surface area contributed by atoms with Crippen molar-refractivity contribution in [2.45, 2.75) is 19.8 Å². The van der Waals surface area contributed by atoms with Crippen molar-refractivity contribution < 1.29 is 0 Å². The molecule has 1 aromatic carbocycles. The van der Waals surface area contributed by atoms with E-state index in [0.717, 1.165) is 40.6 Å². The Bertz CT molecular complexity index is 751. The van der Waals surface area contributed by atoms with Crippen LogP contribution in [-0.2, 0) is 6.42 Å². The molecule has 2 heterocycles. The molecule has 2 aromatic heterocycles. The maximum atomic E-state index is 5.82. The van der Waals surface area contributed by atoms with Crippen LogP contribution < -0.4 is 5.73 Å². The lowest BCUT2D eigenvalue weighted by molar-refractivity contribution is 0.887. The van der Waals surface area contributed by atoms with E-state index in [4.69, 9.17) is 5.73 Å². The Kier molecular flexibility index (Phi) is 4.76. The lowest BCUT2D eigenvalue weighted by Crippen LogP contribution is -1.99. The third-order valence-electron chi connectivity index (χ3n) is 3.41. The van der Waals surface area contributed by atoms with E-state index in [0.29, 0.717) is 5.82 Å². The first-order valence-electron chi connectivity index (χ1n) is 6.89. The lowest BCUT2D eigenvalue weighted by atomic mass is 9.98. The largest absolute Gasteiger partial charge is 0.384 e. The fraction of sp³-hybridized carbons (Fsp3) is 0.176. The summed E-state index contributed by atoms with van der Waals surface area (Å²) < 4.78 is 0. The van der Waals surface area contributed by atoms with Gasteiger partial charge in [0.15, 0.2) is 0 Å². The number of aromatic nitrogens is 2. The van der Waals surface area contributed by atoms with Crippen LogP contribution in [0.2, 0.25) is 0 Å². The number of pyridine rings is 2. The number of benzene rings is 1. The number of nitrogen functional groups attached to an aromatic ring is 1. The second-order valence-corrected chi connectivity index (χ2v) is 4.86. The van der Waals surface area contributed by atoms with Gasteiger partial charge < -0.3 is 5.73 Å². The van der Waals surface area contributed by atoms with Crippen molar-refractivity contribution in [3.05, 3.63) is 54.4 Å². The van der Waals surface area contributed by atoms with Gasteiger partial charge in [-0.15, -0.1) is 12.4 Å². The van der Waals surface area contributed by atoms with Gasteiger partial charge in [0, 0.05) is 22.7 Å². The van der Waals surface area contributed by atoms with E-state index < -0.39 is 0 Å². The Balaban J connectivity index is 0.00000161. The van der Waals surface area contributed by atoms with Gasteiger partial charge in [0.2, 0.25) is 0 Å². The van der Waals surface area contributed by atoms with Crippen molar-refractivity contribution in [1.82, 2.24) is 9.97 Å². The summed E-state index contributed by atoms with van der Waals surface area (Å²) in [6, 6.07) is 14.2. The van der Waals surface area contributed by atoms with Crippen molar-refractivity contribution >= 4 is 29.1 Å². The molecule has 0 aliphatic carbocycles. The fourth-order valence-corrected chi connectivity index (χ4v) is 2.51. The number of para-hydroxylation sites is 1. The monoisotopic (exact) mass is 299 g/mol. The van der Waals surface area contributed by atoms with Crippen molar-refractivity contribution in [3.63, 3.8) is 0 Å². The standard InChI is InChI=1S/C17H17N3.ClH/c1-2-5-15-13(9-10-16(18)20-15)14-8-3-6-12-7-4-11-19-17(12)14;/h3-4,6-11H,2,5H2,1H3,(H2,18,20);1H. The van der Waals surface area contributed by atoms with Gasteiger partial charge in [-0.2, -0.15) is 0 Å². The maximum Gasteiger partial charge on any atom is 0.123 e. The van der Waals surface area contributed by atoms with Crippen LogP contribution in [0, 0.1) is 0 Å². The smallest absolute Gasteiger partial charge is 0.123 e. The highest BCUT2D eigenvalue weighted by molar-refractivity contribution is 5.94. The highest BCUT2D eigenvalue weighted by atomic mass is 35.5. The zero-order valence-electron chi connectivity index (χ0n) is 11.9. The number of fused-ring (bicyclic) bond motifs is 1. The average molecular weight is 300 g/mol. The number of anilines is 1. The Morgan fingerprint density at radius 2 is 1.81 bits per heavy atom. The molecule has 3 nitrogen and oxygen atoms in total. The molecule has 0 aliphatic heterocycles. The normalized spacial score (nSPS) is 10.3. The third kappa shape index (κ3) is 2.98. The molecule has 3 rings (SSSR count). The van der Waals surface area contributed by atoms with Gasteiger partial charge in [-0.1, -0.05) is 37.6 Å². The lowest BCUT2D eigenvalue weighted by Gasteiger charge is -2.11. The van der Waals surface area contributed by atoms with Crippen LogP contribution in [0.5, 0.6) is 0 Å². The van der Waals surface area contributed by atoms with E-state index >= 15 is 0 Å². The van der Waals surface area contributed by atoms with Gasteiger partial charge in [-0.3, -0.25) is 4.98 Å². The number of hydrogen-bond acceptors (Lipinski definition) is 3. The molecule has 0 unspecified atom stereocenters. The first-order chi connectivity index (χ1) is 9.79. The predicted octanol–water partition coefficient (Wildman–Crippen LogP) is 4.25. The number of halogens is 1. The van der Waals surface area contributed by atoms with E-state index in [-0.39, 0.29) is 12.4 Å². The third-order valence-corrected chi connectivity index (χ3v) is 3.41. The Labute approximate surface area is 130 Å². The van der Waals surface area contributed by atoms with E-state index in [1.165, 1.54) is 0 Å². The molecule has 21 heavy (non-hydrogen) atoms. The SMILES string of the molecule is CCCc1nc(N)ccc1-c1cccc2cccnc12.Cl. The van der Waals surface area contributed by atoms with Gasteiger partial charge in [0.1, 0.15) is 5.82 Å². The van der Waals surface area contributed by atoms with Crippen molar-refractivity contribution in [2.24, 2.45) is 0 Å².